The Bertz CT molecular complexity index is 267. The summed E-state index contributed by atoms with van der Waals surface area (Å²) in [7, 11) is 0. The third-order valence-corrected chi connectivity index (χ3v) is 1.79. The zero-order valence-electron chi connectivity index (χ0n) is 8.11. The molecule has 0 aliphatic rings. The zero-order chi connectivity index (χ0) is 9.36. The van der Waals surface area contributed by atoms with Crippen LogP contribution in [0.25, 0.3) is 6.08 Å². The van der Waals surface area contributed by atoms with Crippen molar-refractivity contribution in [3.8, 4) is 0 Å². The Morgan fingerprint density at radius 2 is 1.85 bits per heavy atom. The van der Waals surface area contributed by atoms with Crippen LogP contribution in [0.4, 0.5) is 0 Å². The number of rotatable bonds is 4. The third-order valence-electron chi connectivity index (χ3n) is 1.79. The maximum atomic E-state index is 2.19. The molecule has 13 heavy (non-hydrogen) atoms. The molecule has 0 aromatic heterocycles. The van der Waals surface area contributed by atoms with Crippen molar-refractivity contribution in [1.29, 1.82) is 0 Å². The Balaban J connectivity index is 2.41. The van der Waals surface area contributed by atoms with Crippen molar-refractivity contribution in [2.24, 2.45) is 0 Å². The molecule has 0 heterocycles. The predicted octanol–water partition coefficient (Wildman–Crippen LogP) is 4.06. The Kier molecular flexibility index (Phi) is 4.70. The van der Waals surface area contributed by atoms with Gasteiger partial charge in [0.1, 0.15) is 0 Å². The van der Waals surface area contributed by atoms with Gasteiger partial charge in [0.05, 0.1) is 0 Å². The van der Waals surface area contributed by atoms with E-state index >= 15 is 0 Å². The normalized spacial score (nSPS) is 11.5. The summed E-state index contributed by atoms with van der Waals surface area (Å²) in [5.41, 5.74) is 1.25. The molecule has 0 amide bonds. The summed E-state index contributed by atoms with van der Waals surface area (Å²) in [6, 6.07) is 10.3. The van der Waals surface area contributed by atoms with Gasteiger partial charge in [0, 0.05) is 0 Å². The highest BCUT2D eigenvalue weighted by Gasteiger charge is 1.79. The van der Waals surface area contributed by atoms with Crippen LogP contribution < -0.4 is 0 Å². The molecule has 68 valence electrons. The predicted molar refractivity (Wildman–Crippen MR) is 59.5 cm³/mol. The monoisotopic (exact) mass is 172 g/mol. The zero-order valence-corrected chi connectivity index (χ0v) is 8.11. The van der Waals surface area contributed by atoms with Gasteiger partial charge < -0.3 is 0 Å². The fourth-order valence-electron chi connectivity index (χ4n) is 1.07. The molecule has 1 rings (SSSR count). The van der Waals surface area contributed by atoms with Gasteiger partial charge in [-0.2, -0.15) is 0 Å². The minimum atomic E-state index is 1.17. The Morgan fingerprint density at radius 3 is 2.54 bits per heavy atom. The van der Waals surface area contributed by atoms with E-state index < -0.39 is 0 Å². The van der Waals surface area contributed by atoms with E-state index in [1.54, 1.807) is 0 Å². The number of allylic oxidation sites excluding steroid dienone is 3. The average Bonchev–Trinajstić information content (AvgIpc) is 2.19. The topological polar surface area (TPSA) is 0 Å². The highest BCUT2D eigenvalue weighted by Crippen LogP contribution is 2.01. The Morgan fingerprint density at radius 1 is 1.08 bits per heavy atom. The van der Waals surface area contributed by atoms with Gasteiger partial charge in [-0.1, -0.05) is 68.0 Å². The standard InChI is InChI=1S/C13H16/c1-2-3-4-5-7-10-13-11-8-6-9-12-13/h4-12H,2-3H2,1H3/b5-4+,10-7+. The lowest BCUT2D eigenvalue weighted by Crippen LogP contribution is -1.66. The van der Waals surface area contributed by atoms with Crippen LogP contribution in [-0.2, 0) is 0 Å². The lowest BCUT2D eigenvalue weighted by atomic mass is 10.2. The maximum absolute atomic E-state index is 2.19. The molecule has 0 saturated carbocycles. The van der Waals surface area contributed by atoms with Gasteiger partial charge in [0.25, 0.3) is 0 Å². The van der Waals surface area contributed by atoms with E-state index in [1.807, 2.05) is 6.07 Å². The molecule has 0 radical (unpaired) electrons. The highest BCUT2D eigenvalue weighted by molar-refractivity contribution is 5.50. The summed E-state index contributed by atoms with van der Waals surface area (Å²) in [4.78, 5) is 0. The summed E-state index contributed by atoms with van der Waals surface area (Å²) in [5, 5.41) is 0. The average molecular weight is 172 g/mol. The van der Waals surface area contributed by atoms with E-state index in [-0.39, 0.29) is 0 Å². The second-order valence-corrected chi connectivity index (χ2v) is 2.99. The molecule has 0 nitrogen and oxygen atoms in total. The highest BCUT2D eigenvalue weighted by atomic mass is 13.8. The molecule has 0 heteroatoms. The first kappa shape index (κ1) is 9.79. The number of hydrogen-bond donors (Lipinski definition) is 0. The fourth-order valence-corrected chi connectivity index (χ4v) is 1.07. The Hall–Kier alpha value is -1.30. The molecule has 1 aromatic carbocycles. The van der Waals surface area contributed by atoms with Gasteiger partial charge in [-0.05, 0) is 12.0 Å². The first-order chi connectivity index (χ1) is 6.43. The van der Waals surface area contributed by atoms with Crippen molar-refractivity contribution in [2.45, 2.75) is 19.8 Å². The van der Waals surface area contributed by atoms with E-state index in [9.17, 15) is 0 Å². The van der Waals surface area contributed by atoms with Crippen molar-refractivity contribution in [2.75, 3.05) is 0 Å². The molecular formula is C13H16. The molecule has 0 unspecified atom stereocenters. The SMILES string of the molecule is CCC/C=C/C=C/c1ccccc1. The van der Waals surface area contributed by atoms with Crippen molar-refractivity contribution in [3.63, 3.8) is 0 Å². The molecule has 0 saturated heterocycles. The maximum Gasteiger partial charge on any atom is -0.0257 e. The molecule has 0 bridgehead atoms. The summed E-state index contributed by atoms with van der Waals surface area (Å²) in [5.74, 6) is 0. The van der Waals surface area contributed by atoms with Crippen LogP contribution in [0.2, 0.25) is 0 Å². The van der Waals surface area contributed by atoms with E-state index in [1.165, 1.54) is 18.4 Å². The van der Waals surface area contributed by atoms with Gasteiger partial charge in [-0.3, -0.25) is 0 Å². The second kappa shape index (κ2) is 6.24. The molecule has 0 aliphatic carbocycles. The van der Waals surface area contributed by atoms with Crippen molar-refractivity contribution in [3.05, 3.63) is 54.1 Å². The molecule has 0 spiro atoms. The summed E-state index contributed by atoms with van der Waals surface area (Å²) in [6.07, 6.45) is 10.9. The summed E-state index contributed by atoms with van der Waals surface area (Å²) >= 11 is 0. The molecule has 0 N–H and O–H groups in total. The van der Waals surface area contributed by atoms with Crippen LogP contribution in [0.15, 0.2) is 48.6 Å². The van der Waals surface area contributed by atoms with Crippen molar-refractivity contribution in [1.82, 2.24) is 0 Å². The quantitative estimate of drug-likeness (QED) is 0.601. The molecule has 0 aliphatic heterocycles. The van der Waals surface area contributed by atoms with Crippen molar-refractivity contribution < 1.29 is 0 Å². The first-order valence-electron chi connectivity index (χ1n) is 4.81. The van der Waals surface area contributed by atoms with Gasteiger partial charge in [-0.15, -0.1) is 0 Å². The number of benzene rings is 1. The largest absolute Gasteiger partial charge is 0.0845 e. The van der Waals surface area contributed by atoms with Gasteiger partial charge in [0.15, 0.2) is 0 Å². The first-order valence-corrected chi connectivity index (χ1v) is 4.81. The smallest absolute Gasteiger partial charge is 0.0257 e. The molecule has 0 atom stereocenters. The molecular weight excluding hydrogens is 156 g/mol. The van der Waals surface area contributed by atoms with Crippen LogP contribution in [0.3, 0.4) is 0 Å². The number of unbranched alkanes of at least 4 members (excludes halogenated alkanes) is 1. The number of hydrogen-bond acceptors (Lipinski definition) is 0. The van der Waals surface area contributed by atoms with E-state index in [0.29, 0.717) is 0 Å². The molecule has 1 aromatic rings. The summed E-state index contributed by atoms with van der Waals surface area (Å²) < 4.78 is 0. The van der Waals surface area contributed by atoms with Crippen LogP contribution in [0.1, 0.15) is 25.3 Å². The van der Waals surface area contributed by atoms with Crippen LogP contribution in [0.5, 0.6) is 0 Å². The van der Waals surface area contributed by atoms with Crippen LogP contribution in [0, 0.1) is 0 Å². The van der Waals surface area contributed by atoms with Crippen LogP contribution >= 0.6 is 0 Å². The lowest BCUT2D eigenvalue weighted by Gasteiger charge is -1.88. The van der Waals surface area contributed by atoms with E-state index in [0.717, 1.165) is 0 Å². The minimum Gasteiger partial charge on any atom is -0.0845 e. The minimum absolute atomic E-state index is 1.17. The second-order valence-electron chi connectivity index (χ2n) is 2.99. The van der Waals surface area contributed by atoms with Crippen molar-refractivity contribution >= 4 is 6.08 Å². The van der Waals surface area contributed by atoms with Gasteiger partial charge in [0.2, 0.25) is 0 Å². The third kappa shape index (κ3) is 4.32. The van der Waals surface area contributed by atoms with Gasteiger partial charge in [-0.25, -0.2) is 0 Å². The summed E-state index contributed by atoms with van der Waals surface area (Å²) in [6.45, 7) is 2.19. The fraction of sp³-hybridized carbons (Fsp3) is 0.231. The lowest BCUT2D eigenvalue weighted by molar-refractivity contribution is 0.959. The molecule has 0 fully saturated rings. The van der Waals surface area contributed by atoms with E-state index in [2.05, 4.69) is 55.5 Å². The van der Waals surface area contributed by atoms with E-state index in [4.69, 9.17) is 0 Å². The van der Waals surface area contributed by atoms with Gasteiger partial charge >= 0.3 is 0 Å². The Labute approximate surface area is 80.6 Å². The van der Waals surface area contributed by atoms with Crippen LogP contribution in [-0.4, -0.2) is 0 Å².